The van der Waals surface area contributed by atoms with Crippen molar-refractivity contribution in [1.82, 2.24) is 10.2 Å². The zero-order valence-electron chi connectivity index (χ0n) is 9.55. The maximum Gasteiger partial charge on any atom is 0.321 e. The SMILES string of the molecule is CCC(C(=O)O)S(=O)(=O)CCN1CCNC1=O. The summed E-state index contributed by atoms with van der Waals surface area (Å²) >= 11 is 0. The minimum Gasteiger partial charge on any atom is -0.480 e. The molecule has 98 valence electrons. The molecule has 1 unspecified atom stereocenters. The van der Waals surface area contributed by atoms with Crippen molar-refractivity contribution in [1.29, 1.82) is 0 Å². The normalized spacial score (nSPS) is 17.9. The minimum atomic E-state index is -3.70. The van der Waals surface area contributed by atoms with Crippen LogP contribution in [0.1, 0.15) is 13.3 Å². The molecule has 2 N–H and O–H groups in total. The Morgan fingerprint density at radius 3 is 2.65 bits per heavy atom. The summed E-state index contributed by atoms with van der Waals surface area (Å²) in [6, 6.07) is -0.302. The summed E-state index contributed by atoms with van der Waals surface area (Å²) in [7, 11) is -3.70. The van der Waals surface area contributed by atoms with Crippen LogP contribution in [-0.2, 0) is 14.6 Å². The number of hydrogen-bond donors (Lipinski definition) is 2. The summed E-state index contributed by atoms with van der Waals surface area (Å²) in [5, 5.41) is 9.95. The lowest BCUT2D eigenvalue weighted by Crippen LogP contribution is -2.37. The van der Waals surface area contributed by atoms with Crippen molar-refractivity contribution in [3.63, 3.8) is 0 Å². The third-order valence-corrected chi connectivity index (χ3v) is 4.82. The lowest BCUT2D eigenvalue weighted by molar-refractivity contribution is -0.136. The Balaban J connectivity index is 2.60. The van der Waals surface area contributed by atoms with Gasteiger partial charge in [0.25, 0.3) is 0 Å². The molecule has 0 aliphatic carbocycles. The van der Waals surface area contributed by atoms with Gasteiger partial charge in [-0.2, -0.15) is 0 Å². The van der Waals surface area contributed by atoms with Crippen LogP contribution in [0.25, 0.3) is 0 Å². The van der Waals surface area contributed by atoms with E-state index in [9.17, 15) is 18.0 Å². The summed E-state index contributed by atoms with van der Waals surface area (Å²) in [4.78, 5) is 23.3. The smallest absolute Gasteiger partial charge is 0.321 e. The minimum absolute atomic E-state index is 0.0316. The van der Waals surface area contributed by atoms with Gasteiger partial charge in [-0.15, -0.1) is 0 Å². The Kier molecular flexibility index (Phi) is 4.33. The summed E-state index contributed by atoms with van der Waals surface area (Å²) in [6.45, 7) is 2.50. The van der Waals surface area contributed by atoms with Crippen molar-refractivity contribution in [2.45, 2.75) is 18.6 Å². The van der Waals surface area contributed by atoms with Gasteiger partial charge in [0.15, 0.2) is 15.1 Å². The quantitative estimate of drug-likeness (QED) is 0.659. The number of carboxylic acid groups (broad SMARTS) is 1. The van der Waals surface area contributed by atoms with Crippen molar-refractivity contribution in [3.05, 3.63) is 0 Å². The Morgan fingerprint density at radius 1 is 1.59 bits per heavy atom. The Bertz CT molecular complexity index is 406. The van der Waals surface area contributed by atoms with Crippen molar-refractivity contribution >= 4 is 21.8 Å². The molecule has 0 aromatic rings. The summed E-state index contributed by atoms with van der Waals surface area (Å²) < 4.78 is 23.5. The fourth-order valence-corrected chi connectivity index (χ4v) is 3.26. The number of carbonyl (C=O) groups excluding carboxylic acids is 1. The molecule has 2 amide bonds. The fraction of sp³-hybridized carbons (Fsp3) is 0.778. The molecule has 7 nitrogen and oxygen atoms in total. The molecule has 1 aliphatic heterocycles. The fourth-order valence-electron chi connectivity index (χ4n) is 1.69. The van der Waals surface area contributed by atoms with Gasteiger partial charge in [-0.3, -0.25) is 4.79 Å². The largest absolute Gasteiger partial charge is 0.480 e. The lowest BCUT2D eigenvalue weighted by Gasteiger charge is -2.16. The lowest BCUT2D eigenvalue weighted by atomic mass is 10.3. The van der Waals surface area contributed by atoms with E-state index in [4.69, 9.17) is 5.11 Å². The number of carboxylic acids is 1. The number of amides is 2. The molecule has 0 aromatic heterocycles. The number of urea groups is 1. The number of rotatable bonds is 6. The molecule has 1 fully saturated rings. The highest BCUT2D eigenvalue weighted by atomic mass is 32.2. The molecule has 0 radical (unpaired) electrons. The highest BCUT2D eigenvalue weighted by Crippen LogP contribution is 2.09. The van der Waals surface area contributed by atoms with Crippen LogP contribution in [0.5, 0.6) is 0 Å². The third-order valence-electron chi connectivity index (χ3n) is 2.67. The maximum atomic E-state index is 11.7. The predicted molar refractivity (Wildman–Crippen MR) is 60.5 cm³/mol. The van der Waals surface area contributed by atoms with E-state index in [2.05, 4.69) is 5.32 Å². The number of nitrogens with zero attached hydrogens (tertiary/aromatic N) is 1. The Morgan fingerprint density at radius 2 is 2.24 bits per heavy atom. The summed E-state index contributed by atoms with van der Waals surface area (Å²) in [5.74, 6) is -1.65. The van der Waals surface area contributed by atoms with Gasteiger partial charge < -0.3 is 15.3 Å². The van der Waals surface area contributed by atoms with Crippen LogP contribution in [0.15, 0.2) is 0 Å². The highest BCUT2D eigenvalue weighted by Gasteiger charge is 2.31. The molecule has 1 aliphatic rings. The van der Waals surface area contributed by atoms with Crippen LogP contribution >= 0.6 is 0 Å². The van der Waals surface area contributed by atoms with E-state index in [0.29, 0.717) is 13.1 Å². The maximum absolute atomic E-state index is 11.7. The van der Waals surface area contributed by atoms with Gasteiger partial charge >= 0.3 is 12.0 Å². The van der Waals surface area contributed by atoms with Gasteiger partial charge in [0.05, 0.1) is 5.75 Å². The first-order valence-electron chi connectivity index (χ1n) is 5.35. The standard InChI is InChI=1S/C9H16N2O5S/c1-2-7(8(12)13)17(15,16)6-5-11-4-3-10-9(11)14/h7H,2-6H2,1H3,(H,10,14)(H,12,13). The van der Waals surface area contributed by atoms with Gasteiger partial charge in [-0.25, -0.2) is 13.2 Å². The number of hydrogen-bond acceptors (Lipinski definition) is 4. The zero-order chi connectivity index (χ0) is 13.1. The van der Waals surface area contributed by atoms with Crippen LogP contribution < -0.4 is 5.32 Å². The average Bonchev–Trinajstić information content (AvgIpc) is 2.61. The summed E-state index contributed by atoms with van der Waals surface area (Å²) in [5.41, 5.74) is 0. The van der Waals surface area contributed by atoms with Gasteiger partial charge in [0.2, 0.25) is 0 Å². The van der Waals surface area contributed by atoms with E-state index < -0.39 is 21.1 Å². The molecular formula is C9H16N2O5S. The highest BCUT2D eigenvalue weighted by molar-refractivity contribution is 7.92. The molecule has 17 heavy (non-hydrogen) atoms. The molecule has 8 heteroatoms. The van der Waals surface area contributed by atoms with Gasteiger partial charge in [0.1, 0.15) is 0 Å². The van der Waals surface area contributed by atoms with Crippen LogP contribution in [0, 0.1) is 0 Å². The number of sulfone groups is 1. The van der Waals surface area contributed by atoms with Crippen molar-refractivity contribution in [3.8, 4) is 0 Å². The zero-order valence-corrected chi connectivity index (χ0v) is 10.4. The molecule has 1 heterocycles. The second kappa shape index (κ2) is 5.35. The van der Waals surface area contributed by atoms with Gasteiger partial charge in [-0.1, -0.05) is 6.92 Å². The van der Waals surface area contributed by atoms with Gasteiger partial charge in [0, 0.05) is 19.6 Å². The van der Waals surface area contributed by atoms with Crippen LogP contribution in [-0.4, -0.2) is 61.1 Å². The van der Waals surface area contributed by atoms with Crippen LogP contribution in [0.3, 0.4) is 0 Å². The van der Waals surface area contributed by atoms with E-state index >= 15 is 0 Å². The monoisotopic (exact) mass is 264 g/mol. The first-order chi connectivity index (χ1) is 7.88. The molecule has 0 spiro atoms. The molecule has 0 aromatic carbocycles. The second-order valence-corrected chi connectivity index (χ2v) is 6.12. The molecule has 1 saturated heterocycles. The van der Waals surface area contributed by atoms with Crippen molar-refractivity contribution in [2.24, 2.45) is 0 Å². The van der Waals surface area contributed by atoms with E-state index in [1.165, 1.54) is 11.8 Å². The van der Waals surface area contributed by atoms with Crippen molar-refractivity contribution < 1.29 is 23.1 Å². The summed E-state index contributed by atoms with van der Waals surface area (Å²) in [6.07, 6.45) is 0.0316. The van der Waals surface area contributed by atoms with Crippen LogP contribution in [0.4, 0.5) is 4.79 Å². The van der Waals surface area contributed by atoms with Crippen LogP contribution in [0.2, 0.25) is 0 Å². The number of aliphatic carboxylic acids is 1. The molecular weight excluding hydrogens is 248 g/mol. The first-order valence-corrected chi connectivity index (χ1v) is 7.07. The average molecular weight is 264 g/mol. The van der Waals surface area contributed by atoms with E-state index in [0.717, 1.165) is 0 Å². The topological polar surface area (TPSA) is 104 Å². The number of nitrogens with one attached hydrogen (secondary N) is 1. The van der Waals surface area contributed by atoms with E-state index in [1.807, 2.05) is 0 Å². The molecule has 1 atom stereocenters. The van der Waals surface area contributed by atoms with E-state index in [-0.39, 0.29) is 24.7 Å². The van der Waals surface area contributed by atoms with E-state index in [1.54, 1.807) is 0 Å². The Hall–Kier alpha value is -1.31. The first kappa shape index (κ1) is 13.8. The van der Waals surface area contributed by atoms with Crippen molar-refractivity contribution in [2.75, 3.05) is 25.4 Å². The van der Waals surface area contributed by atoms with Gasteiger partial charge in [-0.05, 0) is 6.42 Å². The molecule has 0 saturated carbocycles. The second-order valence-electron chi connectivity index (χ2n) is 3.82. The predicted octanol–water partition coefficient (Wildman–Crippen LogP) is -0.710. The third kappa shape index (κ3) is 3.32. The molecule has 0 bridgehead atoms. The Labute approximate surface area is 99.7 Å². The molecule has 1 rings (SSSR count). The number of carbonyl (C=O) groups is 2.